The summed E-state index contributed by atoms with van der Waals surface area (Å²) < 4.78 is 5.52. The molecule has 0 fully saturated rings. The normalized spacial score (nSPS) is 20.9. The molecule has 1 aliphatic rings. The monoisotopic (exact) mass is 177 g/mol. The van der Waals surface area contributed by atoms with E-state index in [1.54, 1.807) is 0 Å². The smallest absolute Gasteiger partial charge is 0.161 e. The fourth-order valence-corrected chi connectivity index (χ4v) is 1.43. The Morgan fingerprint density at radius 3 is 2.92 bits per heavy atom. The number of hydrogen-bond acceptors (Lipinski definition) is 3. The molecule has 0 aliphatic carbocycles. The van der Waals surface area contributed by atoms with Crippen molar-refractivity contribution >= 4 is 5.84 Å². The second-order valence-corrected chi connectivity index (χ2v) is 2.97. The second kappa shape index (κ2) is 2.97. The van der Waals surface area contributed by atoms with Gasteiger partial charge in [0.25, 0.3) is 0 Å². The first-order chi connectivity index (χ1) is 6.31. The van der Waals surface area contributed by atoms with Crippen LogP contribution in [0, 0.1) is 0 Å². The lowest BCUT2D eigenvalue weighted by molar-refractivity contribution is 0.299. The Morgan fingerprint density at radius 1 is 1.46 bits per heavy atom. The van der Waals surface area contributed by atoms with Gasteiger partial charge in [0.1, 0.15) is 5.75 Å². The molecule has 4 heteroatoms. The van der Waals surface area contributed by atoms with Crippen molar-refractivity contribution in [3.8, 4) is 5.75 Å². The fraction of sp³-hybridized carbons (Fsp3) is 0.222. The molecule has 0 radical (unpaired) electrons. The predicted molar refractivity (Wildman–Crippen MR) is 50.4 cm³/mol. The lowest BCUT2D eigenvalue weighted by Gasteiger charge is -2.07. The van der Waals surface area contributed by atoms with Gasteiger partial charge in [0.05, 0.1) is 0 Å². The van der Waals surface area contributed by atoms with Crippen molar-refractivity contribution in [3.63, 3.8) is 0 Å². The molecule has 0 bridgehead atoms. The minimum atomic E-state index is -0.192. The van der Waals surface area contributed by atoms with E-state index in [0.717, 1.165) is 17.7 Å². The maximum absolute atomic E-state index is 5.56. The van der Waals surface area contributed by atoms with E-state index in [4.69, 9.17) is 16.3 Å². The SMILES string of the molecule is NN=C(N)C1Cc2ccccc2O1. The summed E-state index contributed by atoms with van der Waals surface area (Å²) in [6.07, 6.45) is 0.560. The van der Waals surface area contributed by atoms with Crippen LogP contribution in [0.3, 0.4) is 0 Å². The summed E-state index contributed by atoms with van der Waals surface area (Å²) in [6, 6.07) is 7.83. The Kier molecular flexibility index (Phi) is 1.81. The van der Waals surface area contributed by atoms with Crippen LogP contribution in [-0.4, -0.2) is 11.9 Å². The Labute approximate surface area is 76.2 Å². The van der Waals surface area contributed by atoms with Crippen molar-refractivity contribution in [1.82, 2.24) is 0 Å². The van der Waals surface area contributed by atoms with E-state index < -0.39 is 0 Å². The first kappa shape index (κ1) is 7.91. The lowest BCUT2D eigenvalue weighted by atomic mass is 10.1. The standard InChI is InChI=1S/C9H11N3O/c10-9(12-11)8-5-6-3-1-2-4-7(6)13-8/h1-4,8H,5,11H2,(H2,10,12). The molecule has 1 aromatic rings. The lowest BCUT2D eigenvalue weighted by Crippen LogP contribution is -2.33. The van der Waals surface area contributed by atoms with Crippen LogP contribution in [0.25, 0.3) is 0 Å². The van der Waals surface area contributed by atoms with E-state index >= 15 is 0 Å². The number of nitrogens with zero attached hydrogens (tertiary/aromatic N) is 1. The molecule has 1 aliphatic heterocycles. The Bertz CT molecular complexity index is 323. The Hall–Kier alpha value is -1.71. The van der Waals surface area contributed by atoms with Crippen molar-refractivity contribution in [1.29, 1.82) is 0 Å². The number of hydrazone groups is 1. The zero-order chi connectivity index (χ0) is 9.26. The number of ether oxygens (including phenoxy) is 1. The topological polar surface area (TPSA) is 73.6 Å². The van der Waals surface area contributed by atoms with Gasteiger partial charge in [-0.1, -0.05) is 18.2 Å². The molecule has 1 aromatic carbocycles. The van der Waals surface area contributed by atoms with Crippen LogP contribution >= 0.6 is 0 Å². The molecule has 68 valence electrons. The van der Waals surface area contributed by atoms with Crippen LogP contribution in [0.5, 0.6) is 5.75 Å². The number of benzene rings is 1. The van der Waals surface area contributed by atoms with Gasteiger partial charge in [-0.15, -0.1) is 0 Å². The van der Waals surface area contributed by atoms with Crippen LogP contribution in [0.1, 0.15) is 5.56 Å². The van der Waals surface area contributed by atoms with Gasteiger partial charge >= 0.3 is 0 Å². The number of amidine groups is 1. The molecule has 13 heavy (non-hydrogen) atoms. The highest BCUT2D eigenvalue weighted by Gasteiger charge is 2.25. The zero-order valence-corrected chi connectivity index (χ0v) is 7.10. The summed E-state index contributed by atoms with van der Waals surface area (Å²) in [5.41, 5.74) is 6.71. The molecule has 2 rings (SSSR count). The van der Waals surface area contributed by atoms with Gasteiger partial charge in [0.15, 0.2) is 11.9 Å². The maximum Gasteiger partial charge on any atom is 0.161 e. The van der Waals surface area contributed by atoms with Crippen LogP contribution < -0.4 is 16.3 Å². The molecular formula is C9H11N3O. The van der Waals surface area contributed by atoms with E-state index in [1.807, 2.05) is 24.3 Å². The van der Waals surface area contributed by atoms with Crippen molar-refractivity contribution in [3.05, 3.63) is 29.8 Å². The van der Waals surface area contributed by atoms with Gasteiger partial charge in [-0.2, -0.15) is 5.10 Å². The van der Waals surface area contributed by atoms with Crippen LogP contribution in [0.2, 0.25) is 0 Å². The Balaban J connectivity index is 2.23. The van der Waals surface area contributed by atoms with E-state index in [1.165, 1.54) is 0 Å². The average Bonchev–Trinajstić information content (AvgIpc) is 2.59. The summed E-state index contributed by atoms with van der Waals surface area (Å²) in [4.78, 5) is 0. The highest BCUT2D eigenvalue weighted by atomic mass is 16.5. The highest BCUT2D eigenvalue weighted by molar-refractivity contribution is 5.86. The molecule has 1 unspecified atom stereocenters. The molecule has 1 heterocycles. The predicted octanol–water partition coefficient (Wildman–Crippen LogP) is 0.221. The highest BCUT2D eigenvalue weighted by Crippen LogP contribution is 2.27. The third-order valence-corrected chi connectivity index (χ3v) is 2.13. The van der Waals surface area contributed by atoms with Crippen LogP contribution in [0.15, 0.2) is 29.4 Å². The summed E-state index contributed by atoms with van der Waals surface area (Å²) >= 11 is 0. The van der Waals surface area contributed by atoms with E-state index in [9.17, 15) is 0 Å². The van der Waals surface area contributed by atoms with Gasteiger partial charge in [0.2, 0.25) is 0 Å². The van der Waals surface area contributed by atoms with E-state index in [2.05, 4.69) is 5.10 Å². The number of rotatable bonds is 1. The van der Waals surface area contributed by atoms with Gasteiger partial charge < -0.3 is 16.3 Å². The molecule has 0 aromatic heterocycles. The third-order valence-electron chi connectivity index (χ3n) is 2.13. The quantitative estimate of drug-likeness (QED) is 0.279. The van der Waals surface area contributed by atoms with Crippen LogP contribution in [-0.2, 0) is 6.42 Å². The second-order valence-electron chi connectivity index (χ2n) is 2.97. The summed E-state index contributed by atoms with van der Waals surface area (Å²) in [5.74, 6) is 6.29. The Morgan fingerprint density at radius 2 is 2.23 bits per heavy atom. The summed E-state index contributed by atoms with van der Waals surface area (Å²) in [6.45, 7) is 0. The maximum atomic E-state index is 5.56. The third kappa shape index (κ3) is 1.30. The minimum absolute atomic E-state index is 0.192. The van der Waals surface area contributed by atoms with E-state index in [-0.39, 0.29) is 6.10 Å². The van der Waals surface area contributed by atoms with Gasteiger partial charge in [0, 0.05) is 6.42 Å². The first-order valence-corrected chi connectivity index (χ1v) is 4.09. The van der Waals surface area contributed by atoms with Crippen molar-refractivity contribution < 1.29 is 4.74 Å². The zero-order valence-electron chi connectivity index (χ0n) is 7.10. The fourth-order valence-electron chi connectivity index (χ4n) is 1.43. The van der Waals surface area contributed by atoms with Gasteiger partial charge in [-0.3, -0.25) is 0 Å². The molecule has 4 nitrogen and oxygen atoms in total. The van der Waals surface area contributed by atoms with Gasteiger partial charge in [-0.25, -0.2) is 0 Å². The molecule has 0 amide bonds. The van der Waals surface area contributed by atoms with Crippen LogP contribution in [0.4, 0.5) is 0 Å². The molecule has 0 saturated heterocycles. The van der Waals surface area contributed by atoms with Crippen molar-refractivity contribution in [2.75, 3.05) is 0 Å². The molecule has 0 saturated carbocycles. The summed E-state index contributed by atoms with van der Waals surface area (Å²) in [5, 5.41) is 3.42. The molecular weight excluding hydrogens is 166 g/mol. The first-order valence-electron chi connectivity index (χ1n) is 4.09. The van der Waals surface area contributed by atoms with Gasteiger partial charge in [-0.05, 0) is 11.6 Å². The van der Waals surface area contributed by atoms with E-state index in [0.29, 0.717) is 5.84 Å². The molecule has 0 spiro atoms. The number of hydrogen-bond donors (Lipinski definition) is 2. The minimum Gasteiger partial charge on any atom is -0.482 e. The number of para-hydroxylation sites is 1. The largest absolute Gasteiger partial charge is 0.482 e. The summed E-state index contributed by atoms with van der Waals surface area (Å²) in [7, 11) is 0. The number of fused-ring (bicyclic) bond motifs is 1. The number of nitrogens with two attached hydrogens (primary N) is 2. The molecule has 4 N–H and O–H groups in total. The van der Waals surface area contributed by atoms with Crippen molar-refractivity contribution in [2.45, 2.75) is 12.5 Å². The molecule has 1 atom stereocenters. The van der Waals surface area contributed by atoms with Crippen molar-refractivity contribution in [2.24, 2.45) is 16.7 Å². The average molecular weight is 177 g/mol.